The molecule has 0 radical (unpaired) electrons. The van der Waals surface area contributed by atoms with Crippen LogP contribution in [-0.4, -0.2) is 37.7 Å². The molecule has 92 valence electrons. The van der Waals surface area contributed by atoms with E-state index in [1.165, 1.54) is 0 Å². The van der Waals surface area contributed by atoms with Crippen molar-refractivity contribution in [3.8, 4) is 5.75 Å². The van der Waals surface area contributed by atoms with Crippen molar-refractivity contribution in [2.24, 2.45) is 0 Å². The molecular formula is C13H18N2O2. The van der Waals surface area contributed by atoms with E-state index in [1.54, 1.807) is 7.11 Å². The van der Waals surface area contributed by atoms with Crippen molar-refractivity contribution in [3.05, 3.63) is 29.8 Å². The quantitative estimate of drug-likeness (QED) is 0.860. The van der Waals surface area contributed by atoms with Gasteiger partial charge in [0.2, 0.25) is 0 Å². The van der Waals surface area contributed by atoms with Crippen LogP contribution in [0.25, 0.3) is 0 Å². The van der Waals surface area contributed by atoms with Gasteiger partial charge in [0.1, 0.15) is 5.75 Å². The van der Waals surface area contributed by atoms with Crippen molar-refractivity contribution in [3.63, 3.8) is 0 Å². The second kappa shape index (κ2) is 5.57. The SMILES string of the molecule is COc1ccccc1CCN1CCCNC1=O. The van der Waals surface area contributed by atoms with E-state index in [2.05, 4.69) is 5.32 Å². The average molecular weight is 234 g/mol. The molecule has 1 aromatic rings. The van der Waals surface area contributed by atoms with Gasteiger partial charge in [-0.05, 0) is 24.5 Å². The van der Waals surface area contributed by atoms with E-state index in [9.17, 15) is 4.79 Å². The van der Waals surface area contributed by atoms with E-state index in [-0.39, 0.29) is 6.03 Å². The molecule has 0 atom stereocenters. The van der Waals surface area contributed by atoms with E-state index >= 15 is 0 Å². The summed E-state index contributed by atoms with van der Waals surface area (Å²) in [6, 6.07) is 7.99. The Hall–Kier alpha value is -1.71. The second-order valence-corrected chi connectivity index (χ2v) is 4.13. The minimum Gasteiger partial charge on any atom is -0.496 e. The molecule has 2 amide bonds. The molecule has 0 saturated carbocycles. The molecule has 0 unspecified atom stereocenters. The highest BCUT2D eigenvalue weighted by molar-refractivity contribution is 5.74. The summed E-state index contributed by atoms with van der Waals surface area (Å²) in [6.45, 7) is 2.39. The lowest BCUT2D eigenvalue weighted by molar-refractivity contribution is 0.187. The zero-order chi connectivity index (χ0) is 12.1. The minimum atomic E-state index is 0.0474. The summed E-state index contributed by atoms with van der Waals surface area (Å²) in [4.78, 5) is 13.4. The Morgan fingerprint density at radius 2 is 2.24 bits per heavy atom. The number of methoxy groups -OCH3 is 1. The van der Waals surface area contributed by atoms with Gasteiger partial charge in [0, 0.05) is 19.6 Å². The van der Waals surface area contributed by atoms with Gasteiger partial charge < -0.3 is 15.0 Å². The highest BCUT2D eigenvalue weighted by Crippen LogP contribution is 2.18. The number of para-hydroxylation sites is 1. The number of nitrogens with one attached hydrogen (secondary N) is 1. The minimum absolute atomic E-state index is 0.0474. The first kappa shape index (κ1) is 11.8. The summed E-state index contributed by atoms with van der Waals surface area (Å²) < 4.78 is 5.29. The number of ether oxygens (including phenoxy) is 1. The van der Waals surface area contributed by atoms with Gasteiger partial charge in [0.05, 0.1) is 7.11 Å². The van der Waals surface area contributed by atoms with Crippen molar-refractivity contribution >= 4 is 6.03 Å². The van der Waals surface area contributed by atoms with Crippen LogP contribution in [0.4, 0.5) is 4.79 Å². The summed E-state index contributed by atoms with van der Waals surface area (Å²) in [5.74, 6) is 0.893. The largest absolute Gasteiger partial charge is 0.496 e. The van der Waals surface area contributed by atoms with Crippen molar-refractivity contribution in [2.45, 2.75) is 12.8 Å². The lowest BCUT2D eigenvalue weighted by atomic mass is 10.1. The molecular weight excluding hydrogens is 216 g/mol. The molecule has 1 N–H and O–H groups in total. The summed E-state index contributed by atoms with van der Waals surface area (Å²) >= 11 is 0. The normalized spacial score (nSPS) is 15.6. The molecule has 0 aliphatic carbocycles. The topological polar surface area (TPSA) is 41.6 Å². The van der Waals surface area contributed by atoms with E-state index in [0.717, 1.165) is 43.8 Å². The second-order valence-electron chi connectivity index (χ2n) is 4.13. The fourth-order valence-corrected chi connectivity index (χ4v) is 2.06. The number of hydrogen-bond acceptors (Lipinski definition) is 2. The predicted molar refractivity (Wildman–Crippen MR) is 66.3 cm³/mol. The van der Waals surface area contributed by atoms with Gasteiger partial charge in [-0.2, -0.15) is 0 Å². The van der Waals surface area contributed by atoms with Crippen molar-refractivity contribution in [1.29, 1.82) is 0 Å². The van der Waals surface area contributed by atoms with Gasteiger partial charge in [-0.15, -0.1) is 0 Å². The molecule has 4 heteroatoms. The Kier molecular flexibility index (Phi) is 3.85. The number of nitrogens with zero attached hydrogens (tertiary/aromatic N) is 1. The number of amides is 2. The van der Waals surface area contributed by atoms with Gasteiger partial charge >= 0.3 is 6.03 Å². The Labute approximate surface area is 102 Å². The van der Waals surface area contributed by atoms with Crippen molar-refractivity contribution in [2.75, 3.05) is 26.7 Å². The fourth-order valence-electron chi connectivity index (χ4n) is 2.06. The van der Waals surface area contributed by atoms with Gasteiger partial charge in [-0.25, -0.2) is 4.79 Å². The summed E-state index contributed by atoms with van der Waals surface area (Å²) in [5, 5.41) is 2.85. The van der Waals surface area contributed by atoms with Crippen LogP contribution in [0.5, 0.6) is 5.75 Å². The third kappa shape index (κ3) is 2.90. The van der Waals surface area contributed by atoms with Crippen molar-refractivity contribution < 1.29 is 9.53 Å². The van der Waals surface area contributed by atoms with Gasteiger partial charge in [-0.3, -0.25) is 0 Å². The van der Waals surface area contributed by atoms with E-state index in [4.69, 9.17) is 4.74 Å². The van der Waals surface area contributed by atoms with E-state index < -0.39 is 0 Å². The molecule has 0 aromatic heterocycles. The van der Waals surface area contributed by atoms with Crippen LogP contribution in [-0.2, 0) is 6.42 Å². The first-order valence-corrected chi connectivity index (χ1v) is 5.96. The van der Waals surface area contributed by atoms with Gasteiger partial charge in [0.15, 0.2) is 0 Å². The lowest BCUT2D eigenvalue weighted by Crippen LogP contribution is -2.47. The summed E-state index contributed by atoms with van der Waals surface area (Å²) in [5.41, 5.74) is 1.15. The molecule has 0 bridgehead atoms. The number of urea groups is 1. The third-order valence-electron chi connectivity index (χ3n) is 3.01. The number of benzene rings is 1. The van der Waals surface area contributed by atoms with Crippen LogP contribution in [0.2, 0.25) is 0 Å². The average Bonchev–Trinajstić information content (AvgIpc) is 2.38. The number of carbonyl (C=O) groups is 1. The van der Waals surface area contributed by atoms with Gasteiger partial charge in [0.25, 0.3) is 0 Å². The molecule has 1 aliphatic rings. The third-order valence-corrected chi connectivity index (χ3v) is 3.01. The molecule has 1 aliphatic heterocycles. The van der Waals surface area contributed by atoms with Crippen LogP contribution in [0, 0.1) is 0 Å². The Morgan fingerprint density at radius 3 is 3.00 bits per heavy atom. The number of hydrogen-bond donors (Lipinski definition) is 1. The fraction of sp³-hybridized carbons (Fsp3) is 0.462. The Morgan fingerprint density at radius 1 is 1.41 bits per heavy atom. The highest BCUT2D eigenvalue weighted by atomic mass is 16.5. The molecule has 1 fully saturated rings. The summed E-state index contributed by atoms with van der Waals surface area (Å²) in [6.07, 6.45) is 1.86. The number of rotatable bonds is 4. The molecule has 2 rings (SSSR count). The number of carbonyl (C=O) groups excluding carboxylic acids is 1. The predicted octanol–water partition coefficient (Wildman–Crippen LogP) is 1.65. The molecule has 17 heavy (non-hydrogen) atoms. The van der Waals surface area contributed by atoms with Gasteiger partial charge in [-0.1, -0.05) is 18.2 Å². The molecule has 1 heterocycles. The molecule has 1 aromatic carbocycles. The van der Waals surface area contributed by atoms with E-state index in [0.29, 0.717) is 0 Å². The first-order chi connectivity index (χ1) is 8.31. The molecule has 0 spiro atoms. The van der Waals surface area contributed by atoms with Crippen LogP contribution < -0.4 is 10.1 Å². The molecule has 4 nitrogen and oxygen atoms in total. The summed E-state index contributed by atoms with van der Waals surface area (Å²) in [7, 11) is 1.67. The van der Waals surface area contributed by atoms with Crippen LogP contribution >= 0.6 is 0 Å². The van der Waals surface area contributed by atoms with E-state index in [1.807, 2.05) is 29.2 Å². The molecule has 1 saturated heterocycles. The van der Waals surface area contributed by atoms with Crippen LogP contribution in [0.1, 0.15) is 12.0 Å². The maximum absolute atomic E-state index is 11.6. The lowest BCUT2D eigenvalue weighted by Gasteiger charge is -2.27. The standard InChI is InChI=1S/C13H18N2O2/c1-17-12-6-3-2-5-11(12)7-10-15-9-4-8-14-13(15)16/h2-3,5-6H,4,7-10H2,1H3,(H,14,16). The Balaban J connectivity index is 1.94. The Bertz CT molecular complexity index is 393. The monoisotopic (exact) mass is 234 g/mol. The smallest absolute Gasteiger partial charge is 0.317 e. The first-order valence-electron chi connectivity index (χ1n) is 5.96. The van der Waals surface area contributed by atoms with Crippen LogP contribution in [0.3, 0.4) is 0 Å². The van der Waals surface area contributed by atoms with Crippen molar-refractivity contribution in [1.82, 2.24) is 10.2 Å². The van der Waals surface area contributed by atoms with Crippen LogP contribution in [0.15, 0.2) is 24.3 Å². The zero-order valence-electron chi connectivity index (χ0n) is 10.1. The maximum atomic E-state index is 11.6. The zero-order valence-corrected chi connectivity index (χ0v) is 10.1. The highest BCUT2D eigenvalue weighted by Gasteiger charge is 2.17. The maximum Gasteiger partial charge on any atom is 0.317 e.